The van der Waals surface area contributed by atoms with E-state index in [1.54, 1.807) is 31.2 Å². The van der Waals surface area contributed by atoms with E-state index in [2.05, 4.69) is 15.6 Å². The van der Waals surface area contributed by atoms with E-state index in [4.69, 9.17) is 0 Å². The van der Waals surface area contributed by atoms with Gasteiger partial charge in [-0.25, -0.2) is 13.4 Å². The SMILES string of the molecule is CCNC(=NCc1ccc(S(C)(=O)=O)c(C)c1)NCCCc1ccc(O)cc1.I. The number of aliphatic imine (C=N–C) groups is 1. The number of aryl methyl sites for hydroxylation is 2. The Hall–Kier alpha value is -1.81. The van der Waals surface area contributed by atoms with Gasteiger partial charge in [0.2, 0.25) is 0 Å². The fraction of sp³-hybridized carbons (Fsp3) is 0.381. The van der Waals surface area contributed by atoms with Gasteiger partial charge in [-0.1, -0.05) is 24.3 Å². The predicted octanol–water partition coefficient (Wildman–Crippen LogP) is 3.41. The van der Waals surface area contributed by atoms with Crippen molar-refractivity contribution in [3.63, 3.8) is 0 Å². The molecule has 2 aromatic rings. The number of nitrogens with zero attached hydrogens (tertiary/aromatic N) is 1. The van der Waals surface area contributed by atoms with E-state index in [1.165, 1.54) is 11.8 Å². The van der Waals surface area contributed by atoms with Gasteiger partial charge in [-0.05, 0) is 61.6 Å². The van der Waals surface area contributed by atoms with Crippen LogP contribution in [-0.2, 0) is 22.8 Å². The van der Waals surface area contributed by atoms with Crippen molar-refractivity contribution in [2.24, 2.45) is 4.99 Å². The second kappa shape index (κ2) is 12.0. The van der Waals surface area contributed by atoms with Crippen LogP contribution in [0.2, 0.25) is 0 Å². The fourth-order valence-corrected chi connectivity index (χ4v) is 3.86. The molecule has 6 nitrogen and oxygen atoms in total. The zero-order chi connectivity index (χ0) is 20.6. The van der Waals surface area contributed by atoms with Crippen LogP contribution in [0.1, 0.15) is 30.0 Å². The molecule has 2 aromatic carbocycles. The van der Waals surface area contributed by atoms with Crippen LogP contribution in [0.15, 0.2) is 52.4 Å². The summed E-state index contributed by atoms with van der Waals surface area (Å²) in [6.45, 7) is 5.82. The molecular formula is C21H30IN3O3S. The molecule has 0 unspecified atom stereocenters. The number of phenolic OH excluding ortho intramolecular Hbond substituents is 1. The molecule has 0 fully saturated rings. The molecule has 2 rings (SSSR count). The minimum atomic E-state index is -3.20. The van der Waals surface area contributed by atoms with Gasteiger partial charge in [0.15, 0.2) is 15.8 Å². The largest absolute Gasteiger partial charge is 0.508 e. The number of rotatable bonds is 8. The summed E-state index contributed by atoms with van der Waals surface area (Å²) in [4.78, 5) is 4.95. The molecule has 0 aliphatic carbocycles. The fourth-order valence-electron chi connectivity index (χ4n) is 2.90. The molecular weight excluding hydrogens is 501 g/mol. The Morgan fingerprint density at radius 3 is 2.31 bits per heavy atom. The van der Waals surface area contributed by atoms with Gasteiger partial charge in [-0.2, -0.15) is 0 Å². The third-order valence-electron chi connectivity index (χ3n) is 4.27. The molecule has 29 heavy (non-hydrogen) atoms. The normalized spacial score (nSPS) is 11.6. The Balaban J connectivity index is 0.00000420. The third kappa shape index (κ3) is 8.61. The molecule has 0 amide bonds. The van der Waals surface area contributed by atoms with Gasteiger partial charge in [-0.3, -0.25) is 0 Å². The van der Waals surface area contributed by atoms with Crippen LogP contribution in [-0.4, -0.2) is 38.8 Å². The Morgan fingerprint density at radius 2 is 1.72 bits per heavy atom. The number of hydrogen-bond acceptors (Lipinski definition) is 4. The summed E-state index contributed by atoms with van der Waals surface area (Å²) in [5, 5.41) is 15.9. The maximum atomic E-state index is 11.7. The molecule has 160 valence electrons. The summed E-state index contributed by atoms with van der Waals surface area (Å²) in [7, 11) is -3.20. The van der Waals surface area contributed by atoms with Gasteiger partial charge in [0.05, 0.1) is 11.4 Å². The first-order valence-electron chi connectivity index (χ1n) is 9.39. The highest BCUT2D eigenvalue weighted by Crippen LogP contribution is 2.17. The molecule has 0 atom stereocenters. The maximum Gasteiger partial charge on any atom is 0.191 e. The van der Waals surface area contributed by atoms with Crippen molar-refractivity contribution in [3.8, 4) is 5.75 Å². The van der Waals surface area contributed by atoms with Gasteiger partial charge < -0.3 is 15.7 Å². The van der Waals surface area contributed by atoms with Crippen LogP contribution < -0.4 is 10.6 Å². The molecule has 3 N–H and O–H groups in total. The quantitative estimate of drug-likeness (QED) is 0.210. The van der Waals surface area contributed by atoms with Crippen molar-refractivity contribution in [1.29, 1.82) is 0 Å². The van der Waals surface area contributed by atoms with E-state index < -0.39 is 9.84 Å². The molecule has 0 aromatic heterocycles. The summed E-state index contributed by atoms with van der Waals surface area (Å²) in [5.41, 5.74) is 2.89. The summed E-state index contributed by atoms with van der Waals surface area (Å²) in [5.74, 6) is 1.02. The molecule has 0 spiro atoms. The van der Waals surface area contributed by atoms with Gasteiger partial charge in [-0.15, -0.1) is 24.0 Å². The van der Waals surface area contributed by atoms with Crippen molar-refractivity contribution in [1.82, 2.24) is 10.6 Å². The molecule has 0 aliphatic heterocycles. The summed E-state index contributed by atoms with van der Waals surface area (Å²) in [6, 6.07) is 12.6. The van der Waals surface area contributed by atoms with E-state index in [0.29, 0.717) is 11.4 Å². The first kappa shape index (κ1) is 25.2. The highest BCUT2D eigenvalue weighted by molar-refractivity contribution is 14.0. The van der Waals surface area contributed by atoms with Crippen molar-refractivity contribution in [2.45, 2.75) is 38.1 Å². The van der Waals surface area contributed by atoms with E-state index in [-0.39, 0.29) is 29.7 Å². The summed E-state index contributed by atoms with van der Waals surface area (Å²) in [6.07, 6.45) is 3.08. The van der Waals surface area contributed by atoms with Crippen molar-refractivity contribution >= 4 is 39.8 Å². The Kier molecular flexibility index (Phi) is 10.5. The van der Waals surface area contributed by atoms with Gasteiger partial charge in [0, 0.05) is 19.3 Å². The first-order valence-corrected chi connectivity index (χ1v) is 11.3. The number of guanidine groups is 1. The minimum absolute atomic E-state index is 0. The number of nitrogens with one attached hydrogen (secondary N) is 2. The molecule has 0 radical (unpaired) electrons. The van der Waals surface area contributed by atoms with Crippen LogP contribution in [0.5, 0.6) is 5.75 Å². The summed E-state index contributed by atoms with van der Waals surface area (Å²) < 4.78 is 23.4. The maximum absolute atomic E-state index is 11.7. The standard InChI is InChI=1S/C21H29N3O3S.HI/c1-4-22-21(23-13-5-6-17-7-10-19(25)11-8-17)24-15-18-9-12-20(16(2)14-18)28(3,26)27;/h7-12,14,25H,4-6,13,15H2,1-3H3,(H2,22,23,24);1H. The molecule has 0 saturated heterocycles. The molecule has 8 heteroatoms. The van der Waals surface area contributed by atoms with Crippen LogP contribution >= 0.6 is 24.0 Å². The number of halogens is 1. The lowest BCUT2D eigenvalue weighted by atomic mass is 10.1. The minimum Gasteiger partial charge on any atom is -0.508 e. The van der Waals surface area contributed by atoms with Crippen LogP contribution in [0.4, 0.5) is 0 Å². The highest BCUT2D eigenvalue weighted by Gasteiger charge is 2.10. The Bertz CT molecular complexity index is 913. The van der Waals surface area contributed by atoms with Gasteiger partial charge in [0.1, 0.15) is 5.75 Å². The highest BCUT2D eigenvalue weighted by atomic mass is 127. The number of benzene rings is 2. The smallest absolute Gasteiger partial charge is 0.191 e. The monoisotopic (exact) mass is 531 g/mol. The number of hydrogen-bond donors (Lipinski definition) is 3. The second-order valence-corrected chi connectivity index (χ2v) is 8.75. The Morgan fingerprint density at radius 1 is 1.07 bits per heavy atom. The van der Waals surface area contributed by atoms with E-state index in [1.807, 2.05) is 25.1 Å². The van der Waals surface area contributed by atoms with Crippen molar-refractivity contribution < 1.29 is 13.5 Å². The number of phenols is 1. The lowest BCUT2D eigenvalue weighted by Crippen LogP contribution is -2.37. The van der Waals surface area contributed by atoms with E-state index in [9.17, 15) is 13.5 Å². The first-order chi connectivity index (χ1) is 13.3. The third-order valence-corrected chi connectivity index (χ3v) is 5.53. The number of aromatic hydroxyl groups is 1. The summed E-state index contributed by atoms with van der Waals surface area (Å²) >= 11 is 0. The zero-order valence-electron chi connectivity index (χ0n) is 17.1. The van der Waals surface area contributed by atoms with Crippen LogP contribution in [0.25, 0.3) is 0 Å². The van der Waals surface area contributed by atoms with E-state index in [0.717, 1.165) is 43.0 Å². The molecule has 0 saturated carbocycles. The molecule has 0 bridgehead atoms. The second-order valence-electron chi connectivity index (χ2n) is 6.76. The van der Waals surface area contributed by atoms with Crippen molar-refractivity contribution in [2.75, 3.05) is 19.3 Å². The molecule has 0 heterocycles. The Labute approximate surface area is 190 Å². The van der Waals surface area contributed by atoms with Gasteiger partial charge >= 0.3 is 0 Å². The lowest BCUT2D eigenvalue weighted by molar-refractivity contribution is 0.475. The molecule has 0 aliphatic rings. The van der Waals surface area contributed by atoms with Crippen molar-refractivity contribution in [3.05, 3.63) is 59.2 Å². The van der Waals surface area contributed by atoms with Crippen LogP contribution in [0, 0.1) is 6.92 Å². The van der Waals surface area contributed by atoms with Crippen LogP contribution in [0.3, 0.4) is 0 Å². The predicted molar refractivity (Wildman–Crippen MR) is 129 cm³/mol. The van der Waals surface area contributed by atoms with E-state index >= 15 is 0 Å². The zero-order valence-corrected chi connectivity index (χ0v) is 20.3. The lowest BCUT2D eigenvalue weighted by Gasteiger charge is -2.12. The van der Waals surface area contributed by atoms with Gasteiger partial charge in [0.25, 0.3) is 0 Å². The average Bonchev–Trinajstić information content (AvgIpc) is 2.63. The number of sulfone groups is 1. The average molecular weight is 531 g/mol. The topological polar surface area (TPSA) is 90.8 Å².